The number of aliphatic carboxylic acids is 1. The van der Waals surface area contributed by atoms with Crippen LogP contribution in [-0.2, 0) is 17.8 Å². The number of nitrogens with one attached hydrogen (secondary N) is 1. The molecule has 6 nitrogen and oxygen atoms in total. The van der Waals surface area contributed by atoms with Crippen LogP contribution in [0.2, 0.25) is 0 Å². The molecule has 3 aromatic rings. The van der Waals surface area contributed by atoms with E-state index in [0.717, 1.165) is 16.9 Å². The first-order valence-electron chi connectivity index (χ1n) is 12.2. The van der Waals surface area contributed by atoms with Crippen LogP contribution in [0, 0.1) is 0 Å². The Hall–Kier alpha value is -4.32. The summed E-state index contributed by atoms with van der Waals surface area (Å²) in [6, 6.07) is 24.0. The molecule has 194 valence electrons. The third kappa shape index (κ3) is 9.00. The molecule has 0 aliphatic rings. The SMILES string of the molecule is C=C(/C=C(\N=CC)c1ccc(OCc2ccccc2)cc1)NC(C)(Cc1cccc(O)c1)C(=O)O.CC. The third-order valence-corrected chi connectivity index (χ3v) is 5.35. The zero-order valence-electron chi connectivity index (χ0n) is 21.9. The molecule has 6 heteroatoms. The van der Waals surface area contributed by atoms with E-state index in [1.54, 1.807) is 43.5 Å². The molecular formula is C31H36N2O4. The normalized spacial score (nSPS) is 12.7. The smallest absolute Gasteiger partial charge is 0.329 e. The molecule has 0 fully saturated rings. The predicted octanol–water partition coefficient (Wildman–Crippen LogP) is 6.62. The van der Waals surface area contributed by atoms with Gasteiger partial charge in [0.25, 0.3) is 0 Å². The lowest BCUT2D eigenvalue weighted by Crippen LogP contribution is -2.50. The van der Waals surface area contributed by atoms with E-state index < -0.39 is 11.5 Å². The van der Waals surface area contributed by atoms with Crippen molar-refractivity contribution < 1.29 is 19.7 Å². The molecule has 37 heavy (non-hydrogen) atoms. The largest absolute Gasteiger partial charge is 0.508 e. The lowest BCUT2D eigenvalue weighted by Gasteiger charge is -2.28. The van der Waals surface area contributed by atoms with E-state index in [0.29, 0.717) is 23.6 Å². The molecule has 3 N–H and O–H groups in total. The van der Waals surface area contributed by atoms with Crippen LogP contribution in [0.1, 0.15) is 44.4 Å². The van der Waals surface area contributed by atoms with Gasteiger partial charge in [-0.25, -0.2) is 4.79 Å². The maximum atomic E-state index is 12.1. The van der Waals surface area contributed by atoms with Crippen LogP contribution in [0.15, 0.2) is 102 Å². The number of allylic oxidation sites excluding steroid dienone is 1. The fraction of sp³-hybridized carbons (Fsp3) is 0.226. The first-order chi connectivity index (χ1) is 17.8. The van der Waals surface area contributed by atoms with Crippen LogP contribution in [0.3, 0.4) is 0 Å². The van der Waals surface area contributed by atoms with Gasteiger partial charge in [0.15, 0.2) is 0 Å². The number of aliphatic imine (C=N–C) groups is 1. The summed E-state index contributed by atoms with van der Waals surface area (Å²) in [5, 5.41) is 22.6. The minimum Gasteiger partial charge on any atom is -0.508 e. The van der Waals surface area contributed by atoms with Crippen molar-refractivity contribution in [1.82, 2.24) is 5.32 Å². The van der Waals surface area contributed by atoms with Gasteiger partial charge in [-0.1, -0.05) is 62.9 Å². The van der Waals surface area contributed by atoms with Gasteiger partial charge in [-0.05, 0) is 67.4 Å². The van der Waals surface area contributed by atoms with Gasteiger partial charge in [-0.2, -0.15) is 0 Å². The second kappa shape index (κ2) is 14.3. The van der Waals surface area contributed by atoms with Crippen LogP contribution in [-0.4, -0.2) is 27.9 Å². The molecule has 3 rings (SSSR count). The van der Waals surface area contributed by atoms with E-state index in [1.165, 1.54) is 0 Å². The fourth-order valence-electron chi connectivity index (χ4n) is 3.60. The van der Waals surface area contributed by atoms with Gasteiger partial charge in [0.2, 0.25) is 0 Å². The van der Waals surface area contributed by atoms with Crippen LogP contribution >= 0.6 is 0 Å². The van der Waals surface area contributed by atoms with Crippen molar-refractivity contribution in [3.8, 4) is 11.5 Å². The Balaban J connectivity index is 0.00000235. The molecule has 0 bridgehead atoms. The molecule has 1 atom stereocenters. The summed E-state index contributed by atoms with van der Waals surface area (Å²) < 4.78 is 5.85. The number of ether oxygens (including phenoxy) is 1. The summed E-state index contributed by atoms with van der Waals surface area (Å²) in [7, 11) is 0. The van der Waals surface area contributed by atoms with Crippen molar-refractivity contribution in [2.75, 3.05) is 0 Å². The number of carbonyl (C=O) groups is 1. The van der Waals surface area contributed by atoms with E-state index in [9.17, 15) is 15.0 Å². The van der Waals surface area contributed by atoms with Crippen molar-refractivity contribution in [3.05, 3.63) is 114 Å². The number of hydrogen-bond acceptors (Lipinski definition) is 5. The Labute approximate surface area is 219 Å². The van der Waals surface area contributed by atoms with E-state index in [2.05, 4.69) is 16.9 Å². The molecule has 0 heterocycles. The van der Waals surface area contributed by atoms with Gasteiger partial charge in [0.1, 0.15) is 23.6 Å². The molecule has 3 aromatic carbocycles. The predicted molar refractivity (Wildman–Crippen MR) is 151 cm³/mol. The maximum Gasteiger partial charge on any atom is 0.329 e. The highest BCUT2D eigenvalue weighted by atomic mass is 16.5. The number of phenolic OH excluding ortho intramolecular Hbond substituents is 1. The average molecular weight is 501 g/mol. The van der Waals surface area contributed by atoms with E-state index in [1.807, 2.05) is 75.4 Å². The van der Waals surface area contributed by atoms with Crippen molar-refractivity contribution in [2.45, 2.75) is 46.3 Å². The Bertz CT molecular complexity index is 1220. The van der Waals surface area contributed by atoms with Crippen molar-refractivity contribution in [1.29, 1.82) is 0 Å². The summed E-state index contributed by atoms with van der Waals surface area (Å²) in [6.07, 6.45) is 3.54. The molecule has 0 radical (unpaired) electrons. The number of benzene rings is 3. The van der Waals surface area contributed by atoms with Crippen LogP contribution in [0.5, 0.6) is 11.5 Å². The van der Waals surface area contributed by atoms with Crippen molar-refractivity contribution >= 4 is 17.9 Å². The zero-order chi connectivity index (χ0) is 27.3. The van der Waals surface area contributed by atoms with Gasteiger partial charge >= 0.3 is 5.97 Å². The molecule has 0 aliphatic heterocycles. The number of nitrogens with zero attached hydrogens (tertiary/aromatic N) is 1. The number of hydrogen-bond donors (Lipinski definition) is 3. The number of phenols is 1. The Kier molecular flexibility index (Phi) is 11.2. The monoisotopic (exact) mass is 500 g/mol. The Morgan fingerprint density at radius 2 is 1.68 bits per heavy atom. The molecule has 0 spiro atoms. The molecule has 1 unspecified atom stereocenters. The van der Waals surface area contributed by atoms with Gasteiger partial charge < -0.3 is 20.3 Å². The Morgan fingerprint density at radius 3 is 2.27 bits per heavy atom. The summed E-state index contributed by atoms with van der Waals surface area (Å²) in [5.41, 5.74) is 2.31. The molecule has 0 saturated heterocycles. The summed E-state index contributed by atoms with van der Waals surface area (Å²) >= 11 is 0. The number of rotatable bonds is 11. The second-order valence-electron chi connectivity index (χ2n) is 8.35. The van der Waals surface area contributed by atoms with Gasteiger partial charge in [-0.15, -0.1) is 0 Å². The van der Waals surface area contributed by atoms with Crippen LogP contribution < -0.4 is 10.1 Å². The van der Waals surface area contributed by atoms with Gasteiger partial charge in [0.05, 0.1) is 5.70 Å². The van der Waals surface area contributed by atoms with Gasteiger partial charge in [-0.3, -0.25) is 4.99 Å². The number of carboxylic acids is 1. The number of aromatic hydroxyl groups is 1. The van der Waals surface area contributed by atoms with Crippen molar-refractivity contribution in [2.24, 2.45) is 4.99 Å². The highest BCUT2D eigenvalue weighted by Crippen LogP contribution is 2.23. The van der Waals surface area contributed by atoms with Crippen LogP contribution in [0.4, 0.5) is 0 Å². The molecule has 0 saturated carbocycles. The lowest BCUT2D eigenvalue weighted by molar-refractivity contribution is -0.143. The minimum atomic E-state index is -1.34. The lowest BCUT2D eigenvalue weighted by atomic mass is 9.92. The van der Waals surface area contributed by atoms with E-state index >= 15 is 0 Å². The summed E-state index contributed by atoms with van der Waals surface area (Å²) in [6.45, 7) is 11.9. The van der Waals surface area contributed by atoms with Crippen molar-refractivity contribution in [3.63, 3.8) is 0 Å². The zero-order valence-corrected chi connectivity index (χ0v) is 21.9. The van der Waals surface area contributed by atoms with E-state index in [-0.39, 0.29) is 12.2 Å². The Morgan fingerprint density at radius 1 is 1.03 bits per heavy atom. The number of carboxylic acid groups (broad SMARTS) is 1. The quantitative estimate of drug-likeness (QED) is 0.203. The third-order valence-electron chi connectivity index (χ3n) is 5.35. The second-order valence-corrected chi connectivity index (χ2v) is 8.35. The minimum absolute atomic E-state index is 0.0877. The first-order valence-corrected chi connectivity index (χ1v) is 12.2. The average Bonchev–Trinajstić information content (AvgIpc) is 2.89. The highest BCUT2D eigenvalue weighted by molar-refractivity contribution is 5.80. The van der Waals surface area contributed by atoms with Gasteiger partial charge in [0, 0.05) is 23.9 Å². The topological polar surface area (TPSA) is 91.1 Å². The van der Waals surface area contributed by atoms with E-state index in [4.69, 9.17) is 4.74 Å². The standard InChI is InChI=1S/C29H30N2O4.C2H6/c1-4-30-27(24-13-15-26(16-14-24)35-20-22-9-6-5-7-10-22)17-21(2)31-29(3,28(33)34)19-23-11-8-12-25(32)18-23;1-2/h4-18,31-32H,2,19-20H2,1,3H3,(H,33,34);1-2H3/b27-17-,30-4?;. The fourth-order valence-corrected chi connectivity index (χ4v) is 3.60. The highest BCUT2D eigenvalue weighted by Gasteiger charge is 2.33. The molecular weight excluding hydrogens is 464 g/mol. The summed E-state index contributed by atoms with van der Waals surface area (Å²) in [4.78, 5) is 16.5. The summed E-state index contributed by atoms with van der Waals surface area (Å²) in [5.74, 6) is -0.209. The molecule has 0 aliphatic carbocycles. The molecule has 0 amide bonds. The maximum absolute atomic E-state index is 12.1. The van der Waals surface area contributed by atoms with Crippen LogP contribution in [0.25, 0.3) is 5.70 Å². The first kappa shape index (κ1) is 28.9. The molecule has 0 aromatic heterocycles.